The van der Waals surface area contributed by atoms with Gasteiger partial charge in [0.25, 0.3) is 0 Å². The van der Waals surface area contributed by atoms with Crippen LogP contribution in [0.25, 0.3) is 0 Å². The van der Waals surface area contributed by atoms with Crippen molar-refractivity contribution in [3.05, 3.63) is 35.9 Å². The molecule has 164 valence electrons. The number of nitrogens with two attached hydrogens (primary N) is 1. The lowest BCUT2D eigenvalue weighted by Gasteiger charge is -2.30. The number of guanidine groups is 1. The molecule has 0 aromatic heterocycles. The van der Waals surface area contributed by atoms with E-state index in [9.17, 15) is 4.79 Å². The van der Waals surface area contributed by atoms with Crippen LogP contribution in [0.1, 0.15) is 44.6 Å². The van der Waals surface area contributed by atoms with Crippen LogP contribution in [0.3, 0.4) is 0 Å². The molecular weight excluding hydrogens is 477 g/mol. The Balaban J connectivity index is 0.00000420. The number of primary amides is 1. The molecule has 1 aromatic rings. The van der Waals surface area contributed by atoms with Crippen molar-refractivity contribution < 1.29 is 4.79 Å². The van der Waals surface area contributed by atoms with Crippen molar-refractivity contribution in [2.45, 2.75) is 45.4 Å². The molecule has 1 amide bonds. The number of likely N-dealkylation sites (tertiary alicyclic amines) is 1. The highest BCUT2D eigenvalue weighted by molar-refractivity contribution is 14.0. The molecule has 1 aliphatic heterocycles. The van der Waals surface area contributed by atoms with Gasteiger partial charge >= 0.3 is 0 Å². The number of hydrogen-bond donors (Lipinski definition) is 3. The normalized spacial score (nSPS) is 15.6. The second kappa shape index (κ2) is 15.5. The maximum absolute atomic E-state index is 11.2. The summed E-state index contributed by atoms with van der Waals surface area (Å²) < 4.78 is 0. The van der Waals surface area contributed by atoms with Gasteiger partial charge in [-0.3, -0.25) is 9.79 Å². The number of nitrogens with one attached hydrogen (secondary N) is 2. The summed E-state index contributed by atoms with van der Waals surface area (Å²) in [6.07, 6.45) is 6.21. The average Bonchev–Trinajstić information content (AvgIpc) is 2.72. The predicted octanol–water partition coefficient (Wildman–Crippen LogP) is 2.77. The van der Waals surface area contributed by atoms with Gasteiger partial charge in [0.1, 0.15) is 0 Å². The standard InChI is InChI=1S/C22H37N5O.HI/c1-2-24-22(26-15-8-11-19-9-4-3-5-10-19)25-14-6-7-16-27-17-12-20(13-18-27)21(23)28;/h3-5,9-10,20H,2,6-8,11-18H2,1H3,(H2,23,28)(H2,24,25,26);1H. The number of halogens is 1. The Hall–Kier alpha value is -1.35. The molecule has 0 spiro atoms. The molecule has 0 bridgehead atoms. The summed E-state index contributed by atoms with van der Waals surface area (Å²) in [6, 6.07) is 10.6. The fourth-order valence-corrected chi connectivity index (χ4v) is 3.57. The number of aliphatic imine (C=N–C) groups is 1. The zero-order valence-corrected chi connectivity index (χ0v) is 20.1. The number of hydrogen-bond acceptors (Lipinski definition) is 3. The van der Waals surface area contributed by atoms with Gasteiger partial charge in [-0.05, 0) is 70.6 Å². The Labute approximate surface area is 193 Å². The van der Waals surface area contributed by atoms with E-state index in [4.69, 9.17) is 5.73 Å². The van der Waals surface area contributed by atoms with E-state index >= 15 is 0 Å². The van der Waals surface area contributed by atoms with Gasteiger partial charge in [0.2, 0.25) is 5.91 Å². The first-order chi connectivity index (χ1) is 13.7. The van der Waals surface area contributed by atoms with E-state index in [1.165, 1.54) is 5.56 Å². The Kier molecular flexibility index (Phi) is 13.7. The summed E-state index contributed by atoms with van der Waals surface area (Å²) in [5, 5.41) is 6.76. The van der Waals surface area contributed by atoms with Gasteiger partial charge in [-0.25, -0.2) is 0 Å². The van der Waals surface area contributed by atoms with Gasteiger partial charge in [-0.2, -0.15) is 0 Å². The molecule has 1 fully saturated rings. The van der Waals surface area contributed by atoms with Crippen molar-refractivity contribution in [1.29, 1.82) is 0 Å². The smallest absolute Gasteiger partial charge is 0.220 e. The fourth-order valence-electron chi connectivity index (χ4n) is 3.57. The highest BCUT2D eigenvalue weighted by Crippen LogP contribution is 2.16. The van der Waals surface area contributed by atoms with Gasteiger partial charge in [-0.15, -0.1) is 24.0 Å². The van der Waals surface area contributed by atoms with Crippen LogP contribution in [0.4, 0.5) is 0 Å². The molecule has 2 rings (SSSR count). The van der Waals surface area contributed by atoms with Gasteiger partial charge in [0, 0.05) is 25.6 Å². The average molecular weight is 515 g/mol. The molecule has 0 radical (unpaired) electrons. The molecule has 0 unspecified atom stereocenters. The minimum atomic E-state index is -0.136. The summed E-state index contributed by atoms with van der Waals surface area (Å²) in [6.45, 7) is 7.81. The summed E-state index contributed by atoms with van der Waals surface area (Å²) in [5.74, 6) is 0.861. The van der Waals surface area contributed by atoms with Crippen molar-refractivity contribution in [3.8, 4) is 0 Å². The minimum Gasteiger partial charge on any atom is -0.369 e. The van der Waals surface area contributed by atoms with E-state index in [1.54, 1.807) is 0 Å². The molecule has 7 heteroatoms. The Morgan fingerprint density at radius 3 is 2.52 bits per heavy atom. The van der Waals surface area contributed by atoms with Crippen molar-refractivity contribution >= 4 is 35.8 Å². The lowest BCUT2D eigenvalue weighted by atomic mass is 9.96. The molecule has 29 heavy (non-hydrogen) atoms. The van der Waals surface area contributed by atoms with Crippen LogP contribution in [0.15, 0.2) is 35.3 Å². The zero-order chi connectivity index (χ0) is 20.0. The number of nitrogens with zero attached hydrogens (tertiary/aromatic N) is 2. The highest BCUT2D eigenvalue weighted by Gasteiger charge is 2.22. The van der Waals surface area contributed by atoms with Crippen LogP contribution in [-0.2, 0) is 11.2 Å². The van der Waals surface area contributed by atoms with Gasteiger partial charge in [-0.1, -0.05) is 30.3 Å². The molecule has 1 aromatic carbocycles. The number of unbranched alkanes of at least 4 members (excludes halogenated alkanes) is 1. The van der Waals surface area contributed by atoms with Crippen LogP contribution in [0.2, 0.25) is 0 Å². The maximum Gasteiger partial charge on any atom is 0.220 e. The Bertz CT molecular complexity index is 588. The third kappa shape index (κ3) is 10.8. The molecular formula is C22H38IN5O. The molecule has 1 saturated heterocycles. The van der Waals surface area contributed by atoms with E-state index in [0.29, 0.717) is 0 Å². The third-order valence-corrected chi connectivity index (χ3v) is 5.26. The number of amides is 1. The molecule has 6 nitrogen and oxygen atoms in total. The fraction of sp³-hybridized carbons (Fsp3) is 0.636. The van der Waals surface area contributed by atoms with Crippen molar-refractivity contribution in [3.63, 3.8) is 0 Å². The van der Waals surface area contributed by atoms with Gasteiger partial charge in [0.05, 0.1) is 0 Å². The van der Waals surface area contributed by atoms with Crippen LogP contribution in [0, 0.1) is 5.92 Å². The summed E-state index contributed by atoms with van der Waals surface area (Å²) in [4.78, 5) is 18.3. The first-order valence-corrected chi connectivity index (χ1v) is 10.8. The van der Waals surface area contributed by atoms with E-state index in [1.807, 2.05) is 0 Å². The SMILES string of the molecule is CCNC(=NCCCc1ccccc1)NCCCCN1CCC(C(N)=O)CC1.I. The monoisotopic (exact) mass is 515 g/mol. The number of rotatable bonds is 11. The maximum atomic E-state index is 11.2. The molecule has 0 atom stereocenters. The van der Waals surface area contributed by atoms with Gasteiger partial charge < -0.3 is 21.3 Å². The van der Waals surface area contributed by atoms with Crippen LogP contribution in [0.5, 0.6) is 0 Å². The van der Waals surface area contributed by atoms with Crippen molar-refractivity contribution in [2.24, 2.45) is 16.6 Å². The lowest BCUT2D eigenvalue weighted by Crippen LogP contribution is -2.39. The summed E-state index contributed by atoms with van der Waals surface area (Å²) in [5.41, 5.74) is 6.77. The van der Waals surface area contributed by atoms with Gasteiger partial charge in [0.15, 0.2) is 5.96 Å². The Morgan fingerprint density at radius 2 is 1.86 bits per heavy atom. The topological polar surface area (TPSA) is 82.8 Å². The van der Waals surface area contributed by atoms with E-state index in [-0.39, 0.29) is 35.8 Å². The summed E-state index contributed by atoms with van der Waals surface area (Å²) >= 11 is 0. The second-order valence-electron chi connectivity index (χ2n) is 7.50. The number of aryl methyl sites for hydroxylation is 1. The first-order valence-electron chi connectivity index (χ1n) is 10.8. The number of carbonyl (C=O) groups excluding carboxylic acids is 1. The van der Waals surface area contributed by atoms with Crippen LogP contribution in [-0.4, -0.2) is 56.0 Å². The summed E-state index contributed by atoms with van der Waals surface area (Å²) in [7, 11) is 0. The molecule has 4 N–H and O–H groups in total. The van der Waals surface area contributed by atoms with E-state index in [0.717, 1.165) is 83.8 Å². The molecule has 0 saturated carbocycles. The third-order valence-electron chi connectivity index (χ3n) is 5.26. The van der Waals surface area contributed by atoms with E-state index in [2.05, 4.69) is 57.8 Å². The predicted molar refractivity (Wildman–Crippen MR) is 132 cm³/mol. The quantitative estimate of drug-likeness (QED) is 0.183. The highest BCUT2D eigenvalue weighted by atomic mass is 127. The lowest BCUT2D eigenvalue weighted by molar-refractivity contribution is -0.123. The molecule has 0 aliphatic carbocycles. The Morgan fingerprint density at radius 1 is 1.14 bits per heavy atom. The van der Waals surface area contributed by atoms with E-state index < -0.39 is 0 Å². The second-order valence-corrected chi connectivity index (χ2v) is 7.50. The molecule has 1 aliphatic rings. The molecule has 1 heterocycles. The number of carbonyl (C=O) groups is 1. The van der Waals surface area contributed by atoms with Crippen molar-refractivity contribution in [1.82, 2.24) is 15.5 Å². The largest absolute Gasteiger partial charge is 0.369 e. The van der Waals surface area contributed by atoms with Crippen molar-refractivity contribution in [2.75, 3.05) is 39.3 Å². The number of benzene rings is 1. The number of piperidine rings is 1. The minimum absolute atomic E-state index is 0. The van der Waals surface area contributed by atoms with Crippen LogP contribution >= 0.6 is 24.0 Å². The first kappa shape index (κ1) is 25.7. The zero-order valence-electron chi connectivity index (χ0n) is 17.7. The van der Waals surface area contributed by atoms with Crippen LogP contribution < -0.4 is 16.4 Å².